The third-order valence-corrected chi connectivity index (χ3v) is 5.04. The summed E-state index contributed by atoms with van der Waals surface area (Å²) in [6.45, 7) is 31.1. The molecule has 1 saturated carbocycles. The van der Waals surface area contributed by atoms with E-state index in [2.05, 4.69) is 70.4 Å². The minimum Gasteiger partial charge on any atom is -0.494 e. The number of hydrogen-bond donors (Lipinski definition) is 1. The maximum Gasteiger partial charge on any atom is 0.152 e. The predicted molar refractivity (Wildman–Crippen MR) is 158 cm³/mol. The van der Waals surface area contributed by atoms with Crippen molar-refractivity contribution < 1.29 is 9.53 Å². The number of rotatable bonds is 6. The Bertz CT molecular complexity index is 697. The zero-order chi connectivity index (χ0) is 27.8. The summed E-state index contributed by atoms with van der Waals surface area (Å²) in [5, 5.41) is 3.42. The molecule has 1 heterocycles. The van der Waals surface area contributed by atoms with Crippen LogP contribution in [0.5, 0.6) is 0 Å². The summed E-state index contributed by atoms with van der Waals surface area (Å²) in [6, 6.07) is 9.30. The second-order valence-corrected chi connectivity index (χ2v) is 7.89. The van der Waals surface area contributed by atoms with Gasteiger partial charge in [-0.05, 0) is 77.5 Å². The number of hydrogen-bond acceptors (Lipinski definition) is 3. The van der Waals surface area contributed by atoms with E-state index in [-0.39, 0.29) is 5.78 Å². The molecule has 1 aromatic carbocycles. The number of benzene rings is 1. The van der Waals surface area contributed by atoms with Gasteiger partial charge in [0.2, 0.25) is 0 Å². The van der Waals surface area contributed by atoms with Crippen LogP contribution >= 0.6 is 0 Å². The quantitative estimate of drug-likeness (QED) is 0.321. The van der Waals surface area contributed by atoms with E-state index in [0.717, 1.165) is 37.7 Å². The molecule has 202 valence electrons. The number of allylic oxidation sites excluding steroid dienone is 1. The molecule has 0 amide bonds. The zero-order valence-electron chi connectivity index (χ0n) is 25.0. The minimum absolute atomic E-state index is 0.0185. The van der Waals surface area contributed by atoms with Gasteiger partial charge in [0.1, 0.15) is 5.76 Å². The lowest BCUT2D eigenvalue weighted by atomic mass is 9.95. The van der Waals surface area contributed by atoms with Crippen molar-refractivity contribution in [1.82, 2.24) is 5.32 Å². The fourth-order valence-corrected chi connectivity index (χ4v) is 3.12. The summed E-state index contributed by atoms with van der Waals surface area (Å²) < 4.78 is 5.58. The van der Waals surface area contributed by atoms with Crippen molar-refractivity contribution in [2.24, 2.45) is 0 Å². The molecular formula is C32H57NO2. The number of aryl methyl sites for hydroxylation is 1. The van der Waals surface area contributed by atoms with Gasteiger partial charge in [0.15, 0.2) is 5.78 Å². The first-order valence-electron chi connectivity index (χ1n) is 13.7. The van der Waals surface area contributed by atoms with Crippen molar-refractivity contribution in [2.45, 2.75) is 114 Å². The van der Waals surface area contributed by atoms with E-state index in [9.17, 15) is 4.79 Å². The SMILES string of the molecule is C=C(OCCC)C1=C(C)CCNC1C.C=CC(C)=O.CC.CC.CC.Cc1ccc(C2CC2)cc1. The number of ether oxygens (including phenoxy) is 1. The van der Waals surface area contributed by atoms with Gasteiger partial charge in [-0.1, -0.05) is 97.0 Å². The molecule has 0 bridgehead atoms. The van der Waals surface area contributed by atoms with Crippen LogP contribution < -0.4 is 5.32 Å². The fourth-order valence-electron chi connectivity index (χ4n) is 3.12. The smallest absolute Gasteiger partial charge is 0.152 e. The Morgan fingerprint density at radius 1 is 1.06 bits per heavy atom. The highest BCUT2D eigenvalue weighted by Crippen LogP contribution is 2.39. The second kappa shape index (κ2) is 25.0. The third kappa shape index (κ3) is 18.8. The lowest BCUT2D eigenvalue weighted by molar-refractivity contribution is -0.112. The van der Waals surface area contributed by atoms with E-state index in [1.165, 1.54) is 48.1 Å². The van der Waals surface area contributed by atoms with E-state index in [0.29, 0.717) is 6.04 Å². The highest BCUT2D eigenvalue weighted by molar-refractivity contribution is 5.86. The van der Waals surface area contributed by atoms with E-state index < -0.39 is 0 Å². The molecular weight excluding hydrogens is 430 g/mol. The molecule has 2 aliphatic rings. The summed E-state index contributed by atoms with van der Waals surface area (Å²) in [5.74, 6) is 1.77. The molecule has 3 heteroatoms. The number of carbonyl (C=O) groups is 1. The molecule has 3 rings (SSSR count). The van der Waals surface area contributed by atoms with Gasteiger partial charge in [-0.2, -0.15) is 0 Å². The summed E-state index contributed by atoms with van der Waals surface area (Å²) in [7, 11) is 0. The molecule has 1 aromatic rings. The standard InChI is InChI=1S/C12H21NO.C10H12.C4H6O.3C2H6/c1-5-8-14-11(4)12-9(2)6-7-13-10(12)3;1-8-2-4-9(5-3-8)10-6-7-10;1-3-4(2)5;3*1-2/h10,13H,4-8H2,1-3H3;2-5,10H,6-7H2,1H3;3H,1H2,2H3;3*1-2H3. The third-order valence-electron chi connectivity index (χ3n) is 5.04. The Labute approximate surface area is 219 Å². The van der Waals surface area contributed by atoms with Crippen molar-refractivity contribution in [3.05, 3.63) is 71.5 Å². The van der Waals surface area contributed by atoms with E-state index in [1.54, 1.807) is 0 Å². The Kier molecular flexibility index (Phi) is 26.7. The average molecular weight is 488 g/mol. The van der Waals surface area contributed by atoms with Crippen LogP contribution in [0.1, 0.15) is 112 Å². The highest BCUT2D eigenvalue weighted by atomic mass is 16.5. The second-order valence-electron chi connectivity index (χ2n) is 7.89. The summed E-state index contributed by atoms with van der Waals surface area (Å²) >= 11 is 0. The normalized spacial score (nSPS) is 15.3. The van der Waals surface area contributed by atoms with Crippen molar-refractivity contribution in [2.75, 3.05) is 13.2 Å². The molecule has 1 aliphatic heterocycles. The molecule has 0 saturated heterocycles. The maximum atomic E-state index is 9.69. The van der Waals surface area contributed by atoms with Crippen LogP contribution in [0.25, 0.3) is 0 Å². The molecule has 35 heavy (non-hydrogen) atoms. The fraction of sp³-hybridized carbons (Fsp3) is 0.594. The van der Waals surface area contributed by atoms with Gasteiger partial charge in [0.05, 0.1) is 6.61 Å². The monoisotopic (exact) mass is 487 g/mol. The van der Waals surface area contributed by atoms with Gasteiger partial charge in [0.25, 0.3) is 0 Å². The van der Waals surface area contributed by atoms with E-state index in [4.69, 9.17) is 4.74 Å². The summed E-state index contributed by atoms with van der Waals surface area (Å²) in [4.78, 5) is 9.69. The molecule has 1 aliphatic carbocycles. The van der Waals surface area contributed by atoms with Gasteiger partial charge in [-0.15, -0.1) is 0 Å². The maximum absolute atomic E-state index is 9.69. The number of carbonyl (C=O) groups excluding carboxylic acids is 1. The topological polar surface area (TPSA) is 38.3 Å². The Morgan fingerprint density at radius 3 is 1.91 bits per heavy atom. The lowest BCUT2D eigenvalue weighted by Gasteiger charge is -2.27. The van der Waals surface area contributed by atoms with Gasteiger partial charge in [0, 0.05) is 11.6 Å². The van der Waals surface area contributed by atoms with Gasteiger partial charge < -0.3 is 10.1 Å². The molecule has 0 spiro atoms. The molecule has 0 radical (unpaired) electrons. The molecule has 1 N–H and O–H groups in total. The first-order valence-corrected chi connectivity index (χ1v) is 13.7. The van der Waals surface area contributed by atoms with Crippen LogP contribution in [0.4, 0.5) is 0 Å². The van der Waals surface area contributed by atoms with E-state index in [1.807, 2.05) is 41.5 Å². The first-order chi connectivity index (χ1) is 16.8. The van der Waals surface area contributed by atoms with Crippen LogP contribution in [0, 0.1) is 6.92 Å². The summed E-state index contributed by atoms with van der Waals surface area (Å²) in [6.07, 6.45) is 6.23. The van der Waals surface area contributed by atoms with Crippen LogP contribution in [0.3, 0.4) is 0 Å². The van der Waals surface area contributed by atoms with Crippen LogP contribution in [0.2, 0.25) is 0 Å². The molecule has 3 nitrogen and oxygen atoms in total. The number of ketones is 1. The van der Waals surface area contributed by atoms with Gasteiger partial charge in [-0.25, -0.2) is 0 Å². The van der Waals surface area contributed by atoms with E-state index >= 15 is 0 Å². The van der Waals surface area contributed by atoms with Gasteiger partial charge >= 0.3 is 0 Å². The highest BCUT2D eigenvalue weighted by Gasteiger charge is 2.22. The summed E-state index contributed by atoms with van der Waals surface area (Å²) in [5.41, 5.74) is 5.58. The van der Waals surface area contributed by atoms with Crippen molar-refractivity contribution in [1.29, 1.82) is 0 Å². The minimum atomic E-state index is 0.0185. The Balaban J connectivity index is -0.000000426. The lowest BCUT2D eigenvalue weighted by Crippen LogP contribution is -2.34. The van der Waals surface area contributed by atoms with Crippen LogP contribution in [-0.4, -0.2) is 25.0 Å². The largest absolute Gasteiger partial charge is 0.494 e. The van der Waals surface area contributed by atoms with Crippen molar-refractivity contribution >= 4 is 5.78 Å². The average Bonchev–Trinajstić information content (AvgIpc) is 3.73. The van der Waals surface area contributed by atoms with Crippen LogP contribution in [0.15, 0.2) is 60.4 Å². The van der Waals surface area contributed by atoms with Crippen molar-refractivity contribution in [3.8, 4) is 0 Å². The molecule has 1 unspecified atom stereocenters. The molecule has 0 aromatic heterocycles. The van der Waals surface area contributed by atoms with Gasteiger partial charge in [-0.3, -0.25) is 4.79 Å². The zero-order valence-corrected chi connectivity index (χ0v) is 25.0. The number of nitrogens with one attached hydrogen (secondary N) is 1. The molecule has 1 fully saturated rings. The molecule has 1 atom stereocenters. The Hall–Kier alpha value is -2.13. The van der Waals surface area contributed by atoms with Crippen molar-refractivity contribution in [3.63, 3.8) is 0 Å². The predicted octanol–water partition coefficient (Wildman–Crippen LogP) is 9.34. The first kappa shape index (κ1) is 37.4. The van der Waals surface area contributed by atoms with Crippen LogP contribution in [-0.2, 0) is 9.53 Å². The Morgan fingerprint density at radius 2 is 1.54 bits per heavy atom.